The molecule has 0 bridgehead atoms. The summed E-state index contributed by atoms with van der Waals surface area (Å²) in [6.45, 7) is 4.18. The zero-order chi connectivity index (χ0) is 23.1. The summed E-state index contributed by atoms with van der Waals surface area (Å²) in [6, 6.07) is 14.3. The quantitative estimate of drug-likeness (QED) is 0.692. The molecule has 0 saturated carbocycles. The summed E-state index contributed by atoms with van der Waals surface area (Å²) in [6.07, 6.45) is -0.621. The monoisotopic (exact) mass is 440 g/mol. The molecule has 1 aliphatic heterocycles. The first kappa shape index (κ1) is 23.1. The third kappa shape index (κ3) is 5.76. The van der Waals surface area contributed by atoms with Crippen LogP contribution in [0.1, 0.15) is 12.5 Å². The zero-order valence-electron chi connectivity index (χ0n) is 18.5. The van der Waals surface area contributed by atoms with Crippen molar-refractivity contribution in [3.63, 3.8) is 0 Å². The standard InChI is InChI=1S/C23H28N4O5/c1-16-14-26(19-9-7-17(8-10-19)15-31-3)11-12-27(16)22(29)21(28)25-18-5-4-6-20(13-18)32-23(30)24-2/h4-10,13,16H,11-12,14-15H2,1-3H3,(H,24,30)(H,25,28). The Bertz CT molecular complexity index is 963. The number of nitrogens with one attached hydrogen (secondary N) is 2. The van der Waals surface area contributed by atoms with E-state index >= 15 is 0 Å². The molecule has 1 atom stereocenters. The molecule has 1 fully saturated rings. The van der Waals surface area contributed by atoms with Gasteiger partial charge in [-0.25, -0.2) is 4.79 Å². The molecule has 170 valence electrons. The number of nitrogens with zero attached hydrogens (tertiary/aromatic N) is 2. The first-order valence-electron chi connectivity index (χ1n) is 10.4. The molecule has 32 heavy (non-hydrogen) atoms. The Hall–Kier alpha value is -3.59. The van der Waals surface area contributed by atoms with Crippen LogP contribution in [0.4, 0.5) is 16.2 Å². The molecule has 3 amide bonds. The van der Waals surface area contributed by atoms with Gasteiger partial charge in [-0.1, -0.05) is 18.2 Å². The van der Waals surface area contributed by atoms with E-state index in [1.165, 1.54) is 13.1 Å². The van der Waals surface area contributed by atoms with E-state index in [2.05, 4.69) is 15.5 Å². The van der Waals surface area contributed by atoms with Crippen LogP contribution in [0.3, 0.4) is 0 Å². The summed E-state index contributed by atoms with van der Waals surface area (Å²) >= 11 is 0. The minimum Gasteiger partial charge on any atom is -0.410 e. The smallest absolute Gasteiger partial charge is 0.410 e. The summed E-state index contributed by atoms with van der Waals surface area (Å²) in [5.41, 5.74) is 2.54. The van der Waals surface area contributed by atoms with Crippen molar-refractivity contribution in [2.45, 2.75) is 19.6 Å². The number of piperazine rings is 1. The maximum absolute atomic E-state index is 12.8. The van der Waals surface area contributed by atoms with Crippen LogP contribution in [0.2, 0.25) is 0 Å². The first-order chi connectivity index (χ1) is 15.4. The van der Waals surface area contributed by atoms with E-state index in [9.17, 15) is 14.4 Å². The Labute approximate surface area is 187 Å². The van der Waals surface area contributed by atoms with Gasteiger partial charge in [-0.15, -0.1) is 0 Å². The molecule has 2 aromatic rings. The fourth-order valence-electron chi connectivity index (χ4n) is 3.57. The van der Waals surface area contributed by atoms with Gasteiger partial charge in [-0.3, -0.25) is 9.59 Å². The second-order valence-corrected chi connectivity index (χ2v) is 7.51. The van der Waals surface area contributed by atoms with Crippen LogP contribution in [0.15, 0.2) is 48.5 Å². The van der Waals surface area contributed by atoms with Crippen molar-refractivity contribution in [1.29, 1.82) is 0 Å². The molecule has 0 aromatic heterocycles. The van der Waals surface area contributed by atoms with Crippen LogP contribution < -0.4 is 20.3 Å². The molecule has 2 aromatic carbocycles. The lowest BCUT2D eigenvalue weighted by molar-refractivity contribution is -0.144. The molecule has 0 radical (unpaired) electrons. The fourth-order valence-corrected chi connectivity index (χ4v) is 3.57. The Morgan fingerprint density at radius 3 is 2.50 bits per heavy atom. The SMILES string of the molecule is CNC(=O)Oc1cccc(NC(=O)C(=O)N2CCN(c3ccc(COC)cc3)CC2C)c1. The van der Waals surface area contributed by atoms with Crippen LogP contribution >= 0.6 is 0 Å². The summed E-state index contributed by atoms with van der Waals surface area (Å²) in [4.78, 5) is 40.4. The molecular formula is C23H28N4O5. The number of rotatable bonds is 5. The summed E-state index contributed by atoms with van der Waals surface area (Å²) in [7, 11) is 3.11. The fraction of sp³-hybridized carbons (Fsp3) is 0.348. The lowest BCUT2D eigenvalue weighted by Gasteiger charge is -2.40. The van der Waals surface area contributed by atoms with E-state index in [0.717, 1.165) is 11.3 Å². The molecule has 3 rings (SSSR count). The van der Waals surface area contributed by atoms with Crippen molar-refractivity contribution < 1.29 is 23.9 Å². The molecule has 1 unspecified atom stereocenters. The normalized spacial score (nSPS) is 15.8. The Morgan fingerprint density at radius 1 is 1.09 bits per heavy atom. The molecule has 2 N–H and O–H groups in total. The summed E-state index contributed by atoms with van der Waals surface area (Å²) in [5.74, 6) is -1.07. The molecule has 1 aliphatic rings. The average Bonchev–Trinajstić information content (AvgIpc) is 2.79. The van der Waals surface area contributed by atoms with Crippen LogP contribution in [0.5, 0.6) is 5.75 Å². The van der Waals surface area contributed by atoms with E-state index in [4.69, 9.17) is 9.47 Å². The van der Waals surface area contributed by atoms with Crippen molar-refractivity contribution in [3.05, 3.63) is 54.1 Å². The third-order valence-electron chi connectivity index (χ3n) is 5.20. The number of carbonyl (C=O) groups excluding carboxylic acids is 3. The van der Waals surface area contributed by atoms with Gasteiger partial charge in [0.2, 0.25) is 0 Å². The zero-order valence-corrected chi connectivity index (χ0v) is 18.5. The second-order valence-electron chi connectivity index (χ2n) is 7.51. The molecule has 9 heteroatoms. The molecule has 0 aliphatic carbocycles. The first-order valence-corrected chi connectivity index (χ1v) is 10.4. The minimum atomic E-state index is -0.730. The average molecular weight is 441 g/mol. The van der Waals surface area contributed by atoms with Crippen molar-refractivity contribution in [2.75, 3.05) is 44.0 Å². The number of anilines is 2. The molecular weight excluding hydrogens is 412 g/mol. The number of methoxy groups -OCH3 is 1. The van der Waals surface area contributed by atoms with Crippen LogP contribution in [0, 0.1) is 0 Å². The van der Waals surface area contributed by atoms with Gasteiger partial charge in [0.05, 0.1) is 6.61 Å². The van der Waals surface area contributed by atoms with Crippen molar-refractivity contribution in [1.82, 2.24) is 10.2 Å². The summed E-state index contributed by atoms with van der Waals surface area (Å²) in [5, 5.41) is 4.93. The van der Waals surface area contributed by atoms with Crippen LogP contribution in [0.25, 0.3) is 0 Å². The molecule has 9 nitrogen and oxygen atoms in total. The Balaban J connectivity index is 1.58. The highest BCUT2D eigenvalue weighted by atomic mass is 16.5. The maximum atomic E-state index is 12.8. The Kier molecular flexibility index (Phi) is 7.67. The molecule has 0 spiro atoms. The van der Waals surface area contributed by atoms with Gasteiger partial charge in [0.15, 0.2) is 0 Å². The predicted octanol–water partition coefficient (Wildman–Crippen LogP) is 2.23. The van der Waals surface area contributed by atoms with E-state index < -0.39 is 17.9 Å². The lowest BCUT2D eigenvalue weighted by Crippen LogP contribution is -2.56. The largest absolute Gasteiger partial charge is 0.412 e. The highest BCUT2D eigenvalue weighted by molar-refractivity contribution is 6.39. The van der Waals surface area contributed by atoms with E-state index in [-0.39, 0.29) is 11.8 Å². The topological polar surface area (TPSA) is 100 Å². The number of hydrogen-bond acceptors (Lipinski definition) is 6. The van der Waals surface area contributed by atoms with E-state index in [0.29, 0.717) is 31.9 Å². The maximum Gasteiger partial charge on any atom is 0.412 e. The van der Waals surface area contributed by atoms with Crippen molar-refractivity contribution >= 4 is 29.3 Å². The van der Waals surface area contributed by atoms with Gasteiger partial charge in [-0.05, 0) is 36.8 Å². The van der Waals surface area contributed by atoms with E-state index in [1.54, 1.807) is 30.2 Å². The van der Waals surface area contributed by atoms with Crippen LogP contribution in [-0.2, 0) is 20.9 Å². The lowest BCUT2D eigenvalue weighted by atomic mass is 10.1. The molecule has 1 heterocycles. The number of carbonyl (C=O) groups is 3. The highest BCUT2D eigenvalue weighted by Gasteiger charge is 2.31. The van der Waals surface area contributed by atoms with Gasteiger partial charge >= 0.3 is 17.9 Å². The number of ether oxygens (including phenoxy) is 2. The van der Waals surface area contributed by atoms with Crippen molar-refractivity contribution in [2.24, 2.45) is 0 Å². The Morgan fingerprint density at radius 2 is 1.84 bits per heavy atom. The number of amides is 3. The summed E-state index contributed by atoms with van der Waals surface area (Å²) < 4.78 is 10.2. The molecule has 1 saturated heterocycles. The van der Waals surface area contributed by atoms with Gasteiger partial charge in [0.25, 0.3) is 0 Å². The second kappa shape index (κ2) is 10.6. The van der Waals surface area contributed by atoms with Crippen molar-refractivity contribution in [3.8, 4) is 5.75 Å². The minimum absolute atomic E-state index is 0.136. The van der Waals surface area contributed by atoms with Gasteiger partial charge in [-0.2, -0.15) is 0 Å². The van der Waals surface area contributed by atoms with Crippen LogP contribution in [-0.4, -0.2) is 62.6 Å². The highest BCUT2D eigenvalue weighted by Crippen LogP contribution is 2.21. The third-order valence-corrected chi connectivity index (χ3v) is 5.20. The number of benzene rings is 2. The van der Waals surface area contributed by atoms with Gasteiger partial charge in [0, 0.05) is 57.3 Å². The van der Waals surface area contributed by atoms with E-state index in [1.807, 2.05) is 31.2 Å². The predicted molar refractivity (Wildman–Crippen MR) is 121 cm³/mol. The van der Waals surface area contributed by atoms with Gasteiger partial charge < -0.3 is 29.9 Å². The number of hydrogen-bond donors (Lipinski definition) is 2. The van der Waals surface area contributed by atoms with Gasteiger partial charge in [0.1, 0.15) is 5.75 Å².